The van der Waals surface area contributed by atoms with Crippen LogP contribution in [0.25, 0.3) is 10.8 Å². The number of benzene rings is 2. The lowest BCUT2D eigenvalue weighted by atomic mass is 9.81. The van der Waals surface area contributed by atoms with Gasteiger partial charge in [0, 0.05) is 44.0 Å². The van der Waals surface area contributed by atoms with Gasteiger partial charge in [-0.05, 0) is 67.3 Å². The van der Waals surface area contributed by atoms with Crippen molar-refractivity contribution >= 4 is 10.8 Å². The molecule has 5 rings (SSSR count). The summed E-state index contributed by atoms with van der Waals surface area (Å²) >= 11 is 0. The summed E-state index contributed by atoms with van der Waals surface area (Å²) in [4.78, 5) is 2.55. The van der Waals surface area contributed by atoms with Gasteiger partial charge in [0.1, 0.15) is 5.76 Å². The maximum absolute atomic E-state index is 6.10. The molecule has 1 saturated heterocycles. The second-order valence-electron chi connectivity index (χ2n) is 11.0. The minimum Gasteiger partial charge on any atom is -0.501 e. The zero-order chi connectivity index (χ0) is 26.9. The van der Waals surface area contributed by atoms with E-state index in [4.69, 9.17) is 14.2 Å². The summed E-state index contributed by atoms with van der Waals surface area (Å²) in [7, 11) is 4.03. The smallest absolute Gasteiger partial charge is 0.101 e. The molecular weight excluding hydrogens is 484 g/mol. The Bertz CT molecular complexity index is 1230. The second kappa shape index (κ2) is 14.0. The molecule has 5 heteroatoms. The summed E-state index contributed by atoms with van der Waals surface area (Å²) < 4.78 is 17.5. The van der Waals surface area contributed by atoms with E-state index in [-0.39, 0.29) is 0 Å². The summed E-state index contributed by atoms with van der Waals surface area (Å²) in [5, 5.41) is 6.27. The van der Waals surface area contributed by atoms with Gasteiger partial charge in [-0.3, -0.25) is 4.90 Å². The van der Waals surface area contributed by atoms with E-state index in [9.17, 15) is 0 Å². The molecule has 0 radical (unpaired) electrons. The van der Waals surface area contributed by atoms with E-state index in [1.54, 1.807) is 12.7 Å². The standard InChI is InChI=1S/C34H44N2O3/c1-36(24-26-12-13-27-8-3-4-9-29(27)22-26)33-23-35-19-18-32(33)28-14-16-31(17-15-28)39-21-7-20-38-25-30-10-5-6-11-34(30)37-2/h3-5,8-10,12-14,16,22,32-33,35H,6-7,11,15,17-21,23-25H2,1-2H3/t32-,33-/m0/s1. The number of hydrogen-bond acceptors (Lipinski definition) is 5. The molecule has 208 valence electrons. The van der Waals surface area contributed by atoms with Gasteiger partial charge in [0.15, 0.2) is 0 Å². The van der Waals surface area contributed by atoms with Crippen molar-refractivity contribution < 1.29 is 14.2 Å². The van der Waals surface area contributed by atoms with Crippen LogP contribution in [0.3, 0.4) is 0 Å². The Labute approximate surface area is 234 Å². The van der Waals surface area contributed by atoms with Crippen molar-refractivity contribution in [3.63, 3.8) is 0 Å². The normalized spacial score (nSPS) is 21.7. The first-order valence-corrected chi connectivity index (χ1v) is 14.6. The number of hydrogen-bond donors (Lipinski definition) is 1. The topological polar surface area (TPSA) is 43.0 Å². The van der Waals surface area contributed by atoms with E-state index < -0.39 is 0 Å². The van der Waals surface area contributed by atoms with E-state index in [0.29, 0.717) is 31.8 Å². The first-order chi connectivity index (χ1) is 19.2. The van der Waals surface area contributed by atoms with E-state index >= 15 is 0 Å². The number of fused-ring (bicyclic) bond motifs is 1. The third-order valence-electron chi connectivity index (χ3n) is 8.32. The third-order valence-corrected chi connectivity index (χ3v) is 8.32. The second-order valence-corrected chi connectivity index (χ2v) is 11.0. The summed E-state index contributed by atoms with van der Waals surface area (Å²) in [6.45, 7) is 5.11. The fourth-order valence-electron chi connectivity index (χ4n) is 6.15. The summed E-state index contributed by atoms with van der Waals surface area (Å²) in [5.74, 6) is 2.75. The number of ether oxygens (including phenoxy) is 3. The fraction of sp³-hybridized carbons (Fsp3) is 0.471. The highest BCUT2D eigenvalue weighted by atomic mass is 16.5. The van der Waals surface area contributed by atoms with Crippen molar-refractivity contribution in [1.29, 1.82) is 0 Å². The Kier molecular flexibility index (Phi) is 9.92. The molecule has 0 unspecified atom stereocenters. The van der Waals surface area contributed by atoms with Crippen LogP contribution in [0.2, 0.25) is 0 Å². The number of piperidine rings is 1. The van der Waals surface area contributed by atoms with Crippen LogP contribution in [-0.4, -0.2) is 58.0 Å². The Morgan fingerprint density at radius 1 is 1.00 bits per heavy atom. The summed E-state index contributed by atoms with van der Waals surface area (Å²) in [6, 6.07) is 16.0. The monoisotopic (exact) mass is 528 g/mol. The Hall–Kier alpha value is -2.86. The molecule has 1 N–H and O–H groups in total. The van der Waals surface area contributed by atoms with Crippen LogP contribution >= 0.6 is 0 Å². The van der Waals surface area contributed by atoms with Gasteiger partial charge in [-0.1, -0.05) is 60.2 Å². The van der Waals surface area contributed by atoms with Crippen molar-refractivity contribution in [3.05, 3.63) is 95.0 Å². The molecule has 3 aliphatic rings. The van der Waals surface area contributed by atoms with E-state index in [0.717, 1.165) is 68.8 Å². The molecule has 0 saturated carbocycles. The van der Waals surface area contributed by atoms with Crippen LogP contribution in [0.5, 0.6) is 0 Å². The Morgan fingerprint density at radius 2 is 1.90 bits per heavy atom. The van der Waals surface area contributed by atoms with Crippen LogP contribution in [0.15, 0.2) is 89.4 Å². The molecule has 0 aromatic heterocycles. The molecule has 39 heavy (non-hydrogen) atoms. The van der Waals surface area contributed by atoms with E-state index in [1.807, 2.05) is 0 Å². The van der Waals surface area contributed by atoms with Gasteiger partial charge in [0.25, 0.3) is 0 Å². The highest BCUT2D eigenvalue weighted by Gasteiger charge is 2.31. The summed E-state index contributed by atoms with van der Waals surface area (Å²) in [6.07, 6.45) is 15.1. The average Bonchev–Trinajstić information content (AvgIpc) is 2.99. The summed E-state index contributed by atoms with van der Waals surface area (Å²) in [5.41, 5.74) is 4.12. The lowest BCUT2D eigenvalue weighted by molar-refractivity contribution is 0.116. The van der Waals surface area contributed by atoms with Crippen LogP contribution in [-0.2, 0) is 20.8 Å². The molecule has 1 aliphatic heterocycles. The number of nitrogens with one attached hydrogen (secondary N) is 1. The van der Waals surface area contributed by atoms with Crippen LogP contribution in [0.4, 0.5) is 0 Å². The number of nitrogens with zero attached hydrogens (tertiary/aromatic N) is 1. The predicted molar refractivity (Wildman–Crippen MR) is 159 cm³/mol. The van der Waals surface area contributed by atoms with Crippen LogP contribution < -0.4 is 5.32 Å². The molecular formula is C34H44N2O3. The molecule has 0 amide bonds. The maximum atomic E-state index is 6.10. The van der Waals surface area contributed by atoms with E-state index in [2.05, 4.69) is 84.0 Å². The van der Waals surface area contributed by atoms with Crippen molar-refractivity contribution in [2.45, 2.75) is 51.1 Å². The van der Waals surface area contributed by atoms with E-state index in [1.165, 1.54) is 22.8 Å². The predicted octanol–water partition coefficient (Wildman–Crippen LogP) is 6.53. The van der Waals surface area contributed by atoms with Gasteiger partial charge in [-0.15, -0.1) is 0 Å². The lowest BCUT2D eigenvalue weighted by Crippen LogP contribution is -2.50. The molecule has 0 bridgehead atoms. The van der Waals surface area contributed by atoms with Gasteiger partial charge in [-0.25, -0.2) is 0 Å². The lowest BCUT2D eigenvalue weighted by Gasteiger charge is -2.40. The van der Waals surface area contributed by atoms with Crippen molar-refractivity contribution in [2.24, 2.45) is 5.92 Å². The van der Waals surface area contributed by atoms with Gasteiger partial charge in [0.05, 0.1) is 32.7 Å². The molecule has 1 fully saturated rings. The molecule has 0 spiro atoms. The highest BCUT2D eigenvalue weighted by molar-refractivity contribution is 5.82. The first-order valence-electron chi connectivity index (χ1n) is 14.6. The van der Waals surface area contributed by atoms with Crippen molar-refractivity contribution in [1.82, 2.24) is 10.2 Å². The van der Waals surface area contributed by atoms with Crippen molar-refractivity contribution in [3.8, 4) is 0 Å². The zero-order valence-electron chi connectivity index (χ0n) is 23.7. The van der Waals surface area contributed by atoms with Crippen LogP contribution in [0, 0.1) is 5.92 Å². The number of rotatable bonds is 12. The fourth-order valence-corrected chi connectivity index (χ4v) is 6.15. The number of likely N-dealkylation sites (N-methyl/N-ethyl adjacent to an activating group) is 1. The minimum absolute atomic E-state index is 0.497. The Balaban J connectivity index is 1.09. The molecule has 2 aromatic rings. The SMILES string of the molecule is COC1=C(COCCCOC2=CC=C([C@@H]3CCNC[C@@H]3N(C)Cc3ccc4ccccc4c3)CC2)C=CCC1. The maximum Gasteiger partial charge on any atom is 0.101 e. The van der Waals surface area contributed by atoms with Crippen LogP contribution in [0.1, 0.15) is 44.1 Å². The average molecular weight is 529 g/mol. The van der Waals surface area contributed by atoms with Gasteiger partial charge in [0.2, 0.25) is 0 Å². The quantitative estimate of drug-likeness (QED) is 0.318. The molecule has 2 aromatic carbocycles. The van der Waals surface area contributed by atoms with Gasteiger partial charge in [-0.2, -0.15) is 0 Å². The largest absolute Gasteiger partial charge is 0.501 e. The molecule has 1 heterocycles. The third kappa shape index (κ3) is 7.42. The highest BCUT2D eigenvalue weighted by Crippen LogP contribution is 2.33. The minimum atomic E-state index is 0.497. The number of methoxy groups -OCH3 is 1. The zero-order valence-corrected chi connectivity index (χ0v) is 23.7. The molecule has 2 aliphatic carbocycles. The van der Waals surface area contributed by atoms with Crippen molar-refractivity contribution in [2.75, 3.05) is 47.1 Å². The van der Waals surface area contributed by atoms with Gasteiger partial charge >= 0.3 is 0 Å². The molecule has 5 nitrogen and oxygen atoms in total. The molecule has 2 atom stereocenters. The number of allylic oxidation sites excluding steroid dienone is 5. The van der Waals surface area contributed by atoms with Gasteiger partial charge < -0.3 is 19.5 Å². The first kappa shape index (κ1) is 27.7. The Morgan fingerprint density at radius 3 is 2.74 bits per heavy atom.